The summed E-state index contributed by atoms with van der Waals surface area (Å²) in [6, 6.07) is 7.63. The van der Waals surface area contributed by atoms with E-state index < -0.39 is 0 Å². The van der Waals surface area contributed by atoms with Crippen LogP contribution < -0.4 is 10.5 Å². The van der Waals surface area contributed by atoms with Gasteiger partial charge in [-0.05, 0) is 24.6 Å². The molecule has 1 aromatic rings. The quantitative estimate of drug-likeness (QED) is 0.844. The zero-order valence-electron chi connectivity index (χ0n) is 10.6. The van der Waals surface area contributed by atoms with Gasteiger partial charge in [0, 0.05) is 20.1 Å². The molecule has 0 saturated heterocycles. The Morgan fingerprint density at radius 1 is 1.47 bits per heavy atom. The lowest BCUT2D eigenvalue weighted by Gasteiger charge is -2.12. The molecule has 94 valence electrons. The second-order valence-electron chi connectivity index (χ2n) is 4.25. The predicted molar refractivity (Wildman–Crippen MR) is 67.9 cm³/mol. The van der Waals surface area contributed by atoms with Crippen LogP contribution in [0.4, 0.5) is 0 Å². The molecule has 2 N–H and O–H groups in total. The lowest BCUT2D eigenvalue weighted by atomic mass is 10.1. The van der Waals surface area contributed by atoms with Crippen molar-refractivity contribution < 1.29 is 9.53 Å². The maximum absolute atomic E-state index is 11.3. The van der Waals surface area contributed by atoms with Crippen LogP contribution in [0.15, 0.2) is 24.3 Å². The van der Waals surface area contributed by atoms with E-state index in [0.29, 0.717) is 13.0 Å². The minimum Gasteiger partial charge on any atom is -0.493 e. The summed E-state index contributed by atoms with van der Waals surface area (Å²) >= 11 is 0. The molecule has 1 amide bonds. The van der Waals surface area contributed by atoms with Gasteiger partial charge in [0.2, 0.25) is 5.91 Å². The summed E-state index contributed by atoms with van der Waals surface area (Å²) in [7, 11) is 3.47. The van der Waals surface area contributed by atoms with E-state index in [0.717, 1.165) is 11.3 Å². The summed E-state index contributed by atoms with van der Waals surface area (Å²) in [5.74, 6) is 0.819. The van der Waals surface area contributed by atoms with E-state index >= 15 is 0 Å². The van der Waals surface area contributed by atoms with Crippen LogP contribution in [-0.2, 0) is 4.79 Å². The van der Waals surface area contributed by atoms with Crippen molar-refractivity contribution in [2.24, 2.45) is 5.73 Å². The highest BCUT2D eigenvalue weighted by Gasteiger charge is 2.05. The number of carbonyl (C=O) groups excluding carboxylic acids is 1. The lowest BCUT2D eigenvalue weighted by molar-refractivity contribution is -0.129. The predicted octanol–water partition coefficient (Wildman–Crippen LogP) is 1.56. The van der Waals surface area contributed by atoms with Gasteiger partial charge in [0.1, 0.15) is 5.75 Å². The normalized spacial score (nSPS) is 12.0. The van der Waals surface area contributed by atoms with E-state index in [-0.39, 0.29) is 11.9 Å². The number of nitrogens with zero attached hydrogens (tertiary/aromatic N) is 1. The van der Waals surface area contributed by atoms with Gasteiger partial charge in [0.25, 0.3) is 0 Å². The molecule has 0 radical (unpaired) electrons. The largest absolute Gasteiger partial charge is 0.493 e. The Morgan fingerprint density at radius 3 is 2.76 bits per heavy atom. The summed E-state index contributed by atoms with van der Waals surface area (Å²) in [4.78, 5) is 12.9. The number of hydrogen-bond donors (Lipinski definition) is 1. The van der Waals surface area contributed by atoms with Crippen molar-refractivity contribution >= 4 is 5.91 Å². The molecule has 0 saturated carbocycles. The SMILES string of the molecule is C[C@@H](N)c1cccc(OCCC(=O)N(C)C)c1. The van der Waals surface area contributed by atoms with Crippen LogP contribution in [0.3, 0.4) is 0 Å². The smallest absolute Gasteiger partial charge is 0.225 e. The van der Waals surface area contributed by atoms with Crippen molar-refractivity contribution in [3.8, 4) is 5.75 Å². The zero-order valence-corrected chi connectivity index (χ0v) is 10.6. The van der Waals surface area contributed by atoms with E-state index in [1.165, 1.54) is 0 Å². The Morgan fingerprint density at radius 2 is 2.18 bits per heavy atom. The molecule has 0 aliphatic carbocycles. The highest BCUT2D eigenvalue weighted by atomic mass is 16.5. The van der Waals surface area contributed by atoms with Gasteiger partial charge >= 0.3 is 0 Å². The van der Waals surface area contributed by atoms with Gasteiger partial charge in [-0.1, -0.05) is 12.1 Å². The Hall–Kier alpha value is -1.55. The molecule has 0 unspecified atom stereocenters. The first-order valence-electron chi connectivity index (χ1n) is 5.69. The average molecular weight is 236 g/mol. The molecule has 0 aliphatic heterocycles. The zero-order chi connectivity index (χ0) is 12.8. The molecule has 0 fully saturated rings. The van der Waals surface area contributed by atoms with Crippen molar-refractivity contribution in [2.45, 2.75) is 19.4 Å². The standard InChI is InChI=1S/C13H20N2O2/c1-10(14)11-5-4-6-12(9-11)17-8-7-13(16)15(2)3/h4-6,9-10H,7-8,14H2,1-3H3/t10-/m1/s1. The van der Waals surface area contributed by atoms with Gasteiger partial charge in [0.15, 0.2) is 0 Å². The fourth-order valence-corrected chi connectivity index (χ4v) is 1.37. The summed E-state index contributed by atoms with van der Waals surface area (Å²) in [6.45, 7) is 2.31. The molecule has 4 heteroatoms. The van der Waals surface area contributed by atoms with Crippen molar-refractivity contribution in [1.29, 1.82) is 0 Å². The first-order valence-corrected chi connectivity index (χ1v) is 5.69. The van der Waals surface area contributed by atoms with E-state index in [2.05, 4.69) is 0 Å². The van der Waals surface area contributed by atoms with Gasteiger partial charge in [-0.3, -0.25) is 4.79 Å². The van der Waals surface area contributed by atoms with E-state index in [1.54, 1.807) is 19.0 Å². The third-order valence-electron chi connectivity index (χ3n) is 2.47. The molecule has 1 aromatic carbocycles. The number of hydrogen-bond acceptors (Lipinski definition) is 3. The molecule has 0 aromatic heterocycles. The fourth-order valence-electron chi connectivity index (χ4n) is 1.37. The van der Waals surface area contributed by atoms with Crippen LogP contribution in [0.2, 0.25) is 0 Å². The van der Waals surface area contributed by atoms with Crippen LogP contribution in [0, 0.1) is 0 Å². The average Bonchev–Trinajstić information content (AvgIpc) is 2.29. The summed E-state index contributed by atoms with van der Waals surface area (Å²) in [5.41, 5.74) is 6.81. The molecular weight excluding hydrogens is 216 g/mol. The molecule has 0 spiro atoms. The van der Waals surface area contributed by atoms with E-state index in [9.17, 15) is 4.79 Å². The van der Waals surface area contributed by atoms with Crippen LogP contribution in [0.1, 0.15) is 24.9 Å². The number of benzene rings is 1. The molecule has 1 rings (SSSR count). The van der Waals surface area contributed by atoms with E-state index in [1.807, 2.05) is 31.2 Å². The van der Waals surface area contributed by atoms with Gasteiger partial charge < -0.3 is 15.4 Å². The molecular formula is C13H20N2O2. The number of nitrogens with two attached hydrogens (primary N) is 1. The number of rotatable bonds is 5. The van der Waals surface area contributed by atoms with Crippen molar-refractivity contribution in [2.75, 3.05) is 20.7 Å². The van der Waals surface area contributed by atoms with E-state index in [4.69, 9.17) is 10.5 Å². The molecule has 17 heavy (non-hydrogen) atoms. The summed E-state index contributed by atoms with van der Waals surface area (Å²) in [6.07, 6.45) is 0.384. The van der Waals surface area contributed by atoms with Gasteiger partial charge in [-0.2, -0.15) is 0 Å². The van der Waals surface area contributed by atoms with Gasteiger partial charge in [-0.25, -0.2) is 0 Å². The molecule has 1 atom stereocenters. The first-order chi connectivity index (χ1) is 8.00. The first kappa shape index (κ1) is 13.5. The molecule has 4 nitrogen and oxygen atoms in total. The topological polar surface area (TPSA) is 55.6 Å². The molecule has 0 aliphatic rings. The minimum absolute atomic E-state index is 0.0121. The summed E-state index contributed by atoms with van der Waals surface area (Å²) in [5, 5.41) is 0. The van der Waals surface area contributed by atoms with Crippen LogP contribution in [-0.4, -0.2) is 31.5 Å². The lowest BCUT2D eigenvalue weighted by Crippen LogP contribution is -2.23. The van der Waals surface area contributed by atoms with Crippen LogP contribution >= 0.6 is 0 Å². The molecule has 0 bridgehead atoms. The molecule has 0 heterocycles. The van der Waals surface area contributed by atoms with Crippen LogP contribution in [0.25, 0.3) is 0 Å². The highest BCUT2D eigenvalue weighted by molar-refractivity contribution is 5.75. The Bertz CT molecular complexity index is 375. The second-order valence-corrected chi connectivity index (χ2v) is 4.25. The Kier molecular flexibility index (Phi) is 4.97. The second kappa shape index (κ2) is 6.25. The maximum Gasteiger partial charge on any atom is 0.225 e. The third kappa shape index (κ3) is 4.44. The monoisotopic (exact) mass is 236 g/mol. The number of amides is 1. The Balaban J connectivity index is 2.47. The number of ether oxygens (including phenoxy) is 1. The van der Waals surface area contributed by atoms with Crippen molar-refractivity contribution in [3.63, 3.8) is 0 Å². The summed E-state index contributed by atoms with van der Waals surface area (Å²) < 4.78 is 5.51. The van der Waals surface area contributed by atoms with Gasteiger partial charge in [-0.15, -0.1) is 0 Å². The van der Waals surface area contributed by atoms with Crippen molar-refractivity contribution in [1.82, 2.24) is 4.90 Å². The number of carbonyl (C=O) groups is 1. The third-order valence-corrected chi connectivity index (χ3v) is 2.47. The highest BCUT2D eigenvalue weighted by Crippen LogP contribution is 2.17. The van der Waals surface area contributed by atoms with Gasteiger partial charge in [0.05, 0.1) is 13.0 Å². The van der Waals surface area contributed by atoms with Crippen molar-refractivity contribution in [3.05, 3.63) is 29.8 Å². The van der Waals surface area contributed by atoms with Crippen LogP contribution in [0.5, 0.6) is 5.75 Å². The Labute approximate surface area is 102 Å². The fraction of sp³-hybridized carbons (Fsp3) is 0.462. The maximum atomic E-state index is 11.3. The minimum atomic E-state index is -0.0121.